The molecule has 2 amide bonds. The Balaban J connectivity index is 1.83. The fraction of sp³-hybridized carbons (Fsp3) is 0.818. The first-order valence-corrected chi connectivity index (χ1v) is 6.42. The molecule has 16 heavy (non-hydrogen) atoms. The molecule has 4 nitrogen and oxygen atoms in total. The summed E-state index contributed by atoms with van der Waals surface area (Å²) >= 11 is 5.00. The molecule has 1 aliphatic carbocycles. The number of rotatable bonds is 2. The molecule has 1 saturated carbocycles. The summed E-state index contributed by atoms with van der Waals surface area (Å²) in [5, 5.41) is 3.05. The van der Waals surface area contributed by atoms with Crippen LogP contribution in [0.2, 0.25) is 0 Å². The Hall–Kier alpha value is -0.840. The molecule has 1 aliphatic heterocycles. The Labute approximate surface area is 102 Å². The molecule has 5 heteroatoms. The van der Waals surface area contributed by atoms with Gasteiger partial charge in [0.25, 0.3) is 0 Å². The molecule has 0 aromatic heterocycles. The van der Waals surface area contributed by atoms with E-state index >= 15 is 0 Å². The zero-order valence-corrected chi connectivity index (χ0v) is 10.3. The SMILES string of the molecule is NC(=S)C1CCCN(C(=O)NC2CCC2)C1. The zero-order valence-electron chi connectivity index (χ0n) is 9.45. The Kier molecular flexibility index (Phi) is 3.63. The van der Waals surface area contributed by atoms with Crippen molar-refractivity contribution in [3.8, 4) is 0 Å². The predicted molar refractivity (Wildman–Crippen MR) is 67.3 cm³/mol. The molecular weight excluding hydrogens is 222 g/mol. The summed E-state index contributed by atoms with van der Waals surface area (Å²) < 4.78 is 0. The second kappa shape index (κ2) is 4.99. The number of hydrogen-bond donors (Lipinski definition) is 2. The molecular formula is C11H19N3OS. The first-order chi connectivity index (χ1) is 7.66. The van der Waals surface area contributed by atoms with Gasteiger partial charge in [-0.1, -0.05) is 12.2 Å². The molecule has 0 bridgehead atoms. The van der Waals surface area contributed by atoms with Crippen molar-refractivity contribution in [1.82, 2.24) is 10.2 Å². The second-order valence-corrected chi connectivity index (χ2v) is 5.24. The number of amides is 2. The average molecular weight is 241 g/mol. The molecule has 0 aromatic carbocycles. The maximum Gasteiger partial charge on any atom is 0.317 e. The number of nitrogens with zero attached hydrogens (tertiary/aromatic N) is 1. The molecule has 1 saturated heterocycles. The molecule has 0 aromatic rings. The number of likely N-dealkylation sites (tertiary alicyclic amines) is 1. The third-order valence-electron chi connectivity index (χ3n) is 3.54. The quantitative estimate of drug-likeness (QED) is 0.715. The number of hydrogen-bond acceptors (Lipinski definition) is 2. The van der Waals surface area contributed by atoms with Gasteiger partial charge in [-0.25, -0.2) is 4.79 Å². The van der Waals surface area contributed by atoms with Gasteiger partial charge in [-0.2, -0.15) is 0 Å². The highest BCUT2D eigenvalue weighted by molar-refractivity contribution is 7.80. The van der Waals surface area contributed by atoms with Crippen LogP contribution in [0.5, 0.6) is 0 Å². The van der Waals surface area contributed by atoms with Crippen molar-refractivity contribution in [1.29, 1.82) is 0 Å². The van der Waals surface area contributed by atoms with Gasteiger partial charge in [0.15, 0.2) is 0 Å². The molecule has 3 N–H and O–H groups in total. The lowest BCUT2D eigenvalue weighted by atomic mass is 9.93. The highest BCUT2D eigenvalue weighted by Gasteiger charge is 2.27. The van der Waals surface area contributed by atoms with E-state index < -0.39 is 0 Å². The largest absolute Gasteiger partial charge is 0.393 e. The van der Waals surface area contributed by atoms with Gasteiger partial charge < -0.3 is 16.0 Å². The second-order valence-electron chi connectivity index (χ2n) is 4.76. The lowest BCUT2D eigenvalue weighted by Crippen LogP contribution is -2.51. The number of piperidine rings is 1. The van der Waals surface area contributed by atoms with Gasteiger partial charge in [0.1, 0.15) is 0 Å². The molecule has 1 heterocycles. The van der Waals surface area contributed by atoms with Crippen molar-refractivity contribution in [3.63, 3.8) is 0 Å². The number of thiocarbonyl (C=S) groups is 1. The third-order valence-corrected chi connectivity index (χ3v) is 3.88. The molecule has 90 valence electrons. The number of urea groups is 1. The summed E-state index contributed by atoms with van der Waals surface area (Å²) in [5.41, 5.74) is 5.64. The van der Waals surface area contributed by atoms with Gasteiger partial charge in [-0.05, 0) is 32.1 Å². The van der Waals surface area contributed by atoms with Gasteiger partial charge in [0, 0.05) is 25.0 Å². The zero-order chi connectivity index (χ0) is 11.5. The molecule has 1 unspecified atom stereocenters. The minimum atomic E-state index is 0.0608. The van der Waals surface area contributed by atoms with Crippen LogP contribution in [0, 0.1) is 5.92 Å². The Morgan fingerprint density at radius 1 is 1.31 bits per heavy atom. The number of nitrogens with one attached hydrogen (secondary N) is 1. The van der Waals surface area contributed by atoms with E-state index in [1.807, 2.05) is 4.90 Å². The van der Waals surface area contributed by atoms with E-state index in [1.54, 1.807) is 0 Å². The normalized spacial score (nSPS) is 26.0. The monoisotopic (exact) mass is 241 g/mol. The summed E-state index contributed by atoms with van der Waals surface area (Å²) in [6.07, 6.45) is 5.50. The Bertz CT molecular complexity index is 291. The lowest BCUT2D eigenvalue weighted by Gasteiger charge is -2.35. The van der Waals surface area contributed by atoms with Crippen LogP contribution in [-0.4, -0.2) is 35.1 Å². The standard InChI is InChI=1S/C11H19N3OS/c12-10(16)8-3-2-6-14(7-8)11(15)13-9-4-1-5-9/h8-9H,1-7H2,(H2,12,16)(H,13,15). The van der Waals surface area contributed by atoms with E-state index in [0.29, 0.717) is 17.6 Å². The smallest absolute Gasteiger partial charge is 0.317 e. The maximum atomic E-state index is 11.9. The molecule has 0 radical (unpaired) electrons. The summed E-state index contributed by atoms with van der Waals surface area (Å²) in [5.74, 6) is 0.205. The van der Waals surface area contributed by atoms with E-state index in [2.05, 4.69) is 5.32 Å². The minimum absolute atomic E-state index is 0.0608. The summed E-state index contributed by atoms with van der Waals surface area (Å²) in [7, 11) is 0. The van der Waals surface area contributed by atoms with E-state index in [1.165, 1.54) is 6.42 Å². The van der Waals surface area contributed by atoms with Crippen LogP contribution in [0.4, 0.5) is 4.79 Å². The van der Waals surface area contributed by atoms with Crippen LogP contribution in [0.25, 0.3) is 0 Å². The van der Waals surface area contributed by atoms with Crippen molar-refractivity contribution in [2.75, 3.05) is 13.1 Å². The molecule has 1 atom stereocenters. The number of nitrogens with two attached hydrogens (primary N) is 1. The van der Waals surface area contributed by atoms with Crippen LogP contribution < -0.4 is 11.1 Å². The fourth-order valence-corrected chi connectivity index (χ4v) is 2.40. The van der Waals surface area contributed by atoms with Gasteiger partial charge in [0.2, 0.25) is 0 Å². The Morgan fingerprint density at radius 3 is 2.62 bits per heavy atom. The first kappa shape index (κ1) is 11.6. The third kappa shape index (κ3) is 2.64. The minimum Gasteiger partial charge on any atom is -0.393 e. The van der Waals surface area contributed by atoms with Crippen molar-refractivity contribution in [3.05, 3.63) is 0 Å². The van der Waals surface area contributed by atoms with Crippen LogP contribution in [0.15, 0.2) is 0 Å². The van der Waals surface area contributed by atoms with Crippen molar-refractivity contribution in [2.24, 2.45) is 11.7 Å². The number of carbonyl (C=O) groups excluding carboxylic acids is 1. The topological polar surface area (TPSA) is 58.4 Å². The summed E-state index contributed by atoms with van der Waals surface area (Å²) in [6, 6.07) is 0.461. The van der Waals surface area contributed by atoms with Gasteiger partial charge in [-0.3, -0.25) is 0 Å². The average Bonchev–Trinajstić information content (AvgIpc) is 2.23. The highest BCUT2D eigenvalue weighted by atomic mass is 32.1. The van der Waals surface area contributed by atoms with Crippen molar-refractivity contribution < 1.29 is 4.79 Å². The van der Waals surface area contributed by atoms with Gasteiger partial charge in [-0.15, -0.1) is 0 Å². The van der Waals surface area contributed by atoms with Crippen LogP contribution in [0.3, 0.4) is 0 Å². The van der Waals surface area contributed by atoms with Crippen LogP contribution in [0.1, 0.15) is 32.1 Å². The predicted octanol–water partition coefficient (Wildman–Crippen LogP) is 1.25. The van der Waals surface area contributed by atoms with E-state index in [0.717, 1.165) is 32.2 Å². The summed E-state index contributed by atoms with van der Waals surface area (Å²) in [4.78, 5) is 14.3. The number of carbonyl (C=O) groups is 1. The Morgan fingerprint density at radius 2 is 2.06 bits per heavy atom. The first-order valence-electron chi connectivity index (χ1n) is 6.01. The molecule has 2 rings (SSSR count). The van der Waals surface area contributed by atoms with Gasteiger partial charge >= 0.3 is 6.03 Å². The molecule has 2 aliphatic rings. The molecule has 2 fully saturated rings. The van der Waals surface area contributed by atoms with Crippen LogP contribution in [-0.2, 0) is 0 Å². The highest BCUT2D eigenvalue weighted by Crippen LogP contribution is 2.20. The van der Waals surface area contributed by atoms with E-state index in [9.17, 15) is 4.79 Å². The lowest BCUT2D eigenvalue weighted by molar-refractivity contribution is 0.168. The molecule has 0 spiro atoms. The van der Waals surface area contributed by atoms with E-state index in [-0.39, 0.29) is 11.9 Å². The van der Waals surface area contributed by atoms with Crippen molar-refractivity contribution >= 4 is 23.2 Å². The van der Waals surface area contributed by atoms with Crippen LogP contribution >= 0.6 is 12.2 Å². The summed E-state index contributed by atoms with van der Waals surface area (Å²) in [6.45, 7) is 1.52. The fourth-order valence-electron chi connectivity index (χ4n) is 2.21. The van der Waals surface area contributed by atoms with Gasteiger partial charge in [0.05, 0.1) is 4.99 Å². The maximum absolute atomic E-state index is 11.9. The van der Waals surface area contributed by atoms with E-state index in [4.69, 9.17) is 18.0 Å². The van der Waals surface area contributed by atoms with Crippen molar-refractivity contribution in [2.45, 2.75) is 38.1 Å².